The topological polar surface area (TPSA) is 83.3 Å². The van der Waals surface area contributed by atoms with E-state index >= 15 is 0 Å². The zero-order valence-corrected chi connectivity index (χ0v) is 5.80. The maximum absolute atomic E-state index is 6.33. The first-order valence-electron chi connectivity index (χ1n) is 1.26. The maximum atomic E-state index is 6.33. The second kappa shape index (κ2) is 17.7. The van der Waals surface area contributed by atoms with Gasteiger partial charge in [0, 0.05) is 20.1 Å². The minimum atomic E-state index is 0. The van der Waals surface area contributed by atoms with Crippen LogP contribution >= 0.6 is 0 Å². The average Bonchev–Trinajstić information content (AvgIpc) is 1.37. The fourth-order valence-electron chi connectivity index (χ4n) is 0. The van der Waals surface area contributed by atoms with E-state index in [2.05, 4.69) is 0 Å². The van der Waals surface area contributed by atoms with Crippen LogP contribution in [0.1, 0.15) is 0 Å². The van der Waals surface area contributed by atoms with E-state index in [4.69, 9.17) is 11.5 Å². The van der Waals surface area contributed by atoms with Crippen molar-refractivity contribution in [2.24, 2.45) is 5.73 Å². The summed E-state index contributed by atoms with van der Waals surface area (Å²) in [6.45, 7) is 0.833. The third-order valence-electron chi connectivity index (χ3n) is 0.144. The Hall–Kier alpha value is 0.529. The normalized spacial score (nSPS) is 5.00. The van der Waals surface area contributed by atoms with Crippen molar-refractivity contribution in [2.75, 3.05) is 13.1 Å². The molecule has 3 nitrogen and oxygen atoms in total. The van der Waals surface area contributed by atoms with Crippen LogP contribution in [0, 0.1) is 0 Å². The third kappa shape index (κ3) is 24.1. The van der Waals surface area contributed by atoms with Gasteiger partial charge in [-0.2, -0.15) is 0 Å². The zero-order chi connectivity index (χ0) is 3.41. The van der Waals surface area contributed by atoms with Gasteiger partial charge in [-0.25, -0.2) is 0 Å². The predicted octanol–water partition coefficient (Wildman–Crippen LogP) is 0.712. The Labute approximate surface area is 51.4 Å². The maximum Gasteiger partial charge on any atom is 0 e. The van der Waals surface area contributed by atoms with Crippen LogP contribution < -0.4 is 5.73 Å². The summed E-state index contributed by atoms with van der Waals surface area (Å²) < 4.78 is 0. The number of nitrogens with two attached hydrogens (primary N) is 2. The van der Waals surface area contributed by atoms with Gasteiger partial charge in [0.2, 0.25) is 0 Å². The largest absolute Gasteiger partial charge is 0.693 e. The molecule has 0 fully saturated rings. The van der Waals surface area contributed by atoms with Crippen molar-refractivity contribution >= 4 is 0 Å². The standard InChI is InChI=1S/C2H7N2.Ir.H2N/c3-1-2-4;;/h3H,1-2,4H2;;1H2/q-1;;-1. The van der Waals surface area contributed by atoms with Crippen LogP contribution in [0.2, 0.25) is 0 Å². The van der Waals surface area contributed by atoms with Crippen LogP contribution in [0.5, 0.6) is 0 Å². The second-order valence-electron chi connectivity index (χ2n) is 0.539. The Morgan fingerprint density at radius 1 is 1.50 bits per heavy atom. The molecule has 0 aliphatic carbocycles. The molecule has 6 heavy (non-hydrogen) atoms. The molecule has 0 spiro atoms. The first-order valence-corrected chi connectivity index (χ1v) is 1.26. The van der Waals surface area contributed by atoms with E-state index < -0.39 is 0 Å². The molecule has 0 aromatic heterocycles. The monoisotopic (exact) mass is 268 g/mol. The van der Waals surface area contributed by atoms with Crippen molar-refractivity contribution in [1.82, 2.24) is 0 Å². The van der Waals surface area contributed by atoms with Gasteiger partial charge in [0.15, 0.2) is 0 Å². The molecule has 4 heteroatoms. The van der Waals surface area contributed by atoms with E-state index in [0.717, 1.165) is 0 Å². The molecule has 0 heterocycles. The van der Waals surface area contributed by atoms with Gasteiger partial charge in [-0.3, -0.25) is 0 Å². The molecule has 5 N–H and O–H groups in total. The second-order valence-corrected chi connectivity index (χ2v) is 0.539. The summed E-state index contributed by atoms with van der Waals surface area (Å²) in [5.74, 6) is 0. The van der Waals surface area contributed by atoms with Crippen LogP contribution in [0.4, 0.5) is 0 Å². The Kier molecular flexibility index (Phi) is 47.4. The van der Waals surface area contributed by atoms with Gasteiger partial charge in [0.25, 0.3) is 0 Å². The van der Waals surface area contributed by atoms with Crippen molar-refractivity contribution in [3.8, 4) is 0 Å². The van der Waals surface area contributed by atoms with Crippen molar-refractivity contribution in [3.63, 3.8) is 0 Å². The van der Waals surface area contributed by atoms with Crippen molar-refractivity contribution in [3.05, 3.63) is 11.9 Å². The molecule has 0 amide bonds. The number of rotatable bonds is 1. The molecule has 0 unspecified atom stereocenters. The van der Waals surface area contributed by atoms with Gasteiger partial charge >= 0.3 is 0 Å². The van der Waals surface area contributed by atoms with Gasteiger partial charge in [-0.05, 0) is 6.54 Å². The van der Waals surface area contributed by atoms with E-state index in [9.17, 15) is 0 Å². The fourth-order valence-corrected chi connectivity index (χ4v) is 0. The minimum Gasteiger partial charge on any atom is -0.693 e. The van der Waals surface area contributed by atoms with Gasteiger partial charge in [0.05, 0.1) is 0 Å². The number of hydrogen-bond donors (Lipinski definition) is 1. The average molecular weight is 267 g/mol. The van der Waals surface area contributed by atoms with E-state index in [-0.39, 0.29) is 26.3 Å². The van der Waals surface area contributed by atoms with Crippen molar-refractivity contribution in [1.29, 1.82) is 0 Å². The molecule has 0 saturated heterocycles. The first-order chi connectivity index (χ1) is 1.91. The predicted molar refractivity (Wildman–Crippen MR) is 23.5 cm³/mol. The molecule has 0 saturated carbocycles. The SMILES string of the molecule is [Ir].[NH-]CCN.[NH2-]. The van der Waals surface area contributed by atoms with Gasteiger partial charge in [-0.1, -0.05) is 0 Å². The molecule has 0 aromatic rings. The summed E-state index contributed by atoms with van der Waals surface area (Å²) in [6, 6.07) is 0. The van der Waals surface area contributed by atoms with Crippen molar-refractivity contribution in [2.45, 2.75) is 0 Å². The zero-order valence-electron chi connectivity index (χ0n) is 3.40. The molecule has 1 radical (unpaired) electrons. The summed E-state index contributed by atoms with van der Waals surface area (Å²) in [4.78, 5) is 0. The smallest absolute Gasteiger partial charge is 0 e. The molecule has 0 aliphatic rings. The molecular weight excluding hydrogens is 258 g/mol. The molecular formula is C2H9IrN3-2. The van der Waals surface area contributed by atoms with Gasteiger partial charge < -0.3 is 17.6 Å². The summed E-state index contributed by atoms with van der Waals surface area (Å²) >= 11 is 0. The molecule has 0 rings (SSSR count). The van der Waals surface area contributed by atoms with E-state index in [1.165, 1.54) is 0 Å². The van der Waals surface area contributed by atoms with Crippen molar-refractivity contribution < 1.29 is 20.1 Å². The van der Waals surface area contributed by atoms with Crippen LogP contribution in [-0.2, 0) is 20.1 Å². The molecule has 0 aromatic carbocycles. The molecule has 0 bridgehead atoms. The first kappa shape index (κ1) is 16.0. The summed E-state index contributed by atoms with van der Waals surface area (Å²) in [6.07, 6.45) is 0. The summed E-state index contributed by atoms with van der Waals surface area (Å²) in [7, 11) is 0. The van der Waals surface area contributed by atoms with Gasteiger partial charge in [-0.15, -0.1) is 6.54 Å². The fraction of sp³-hybridized carbons (Fsp3) is 1.00. The molecule has 0 aliphatic heterocycles. The molecule has 43 valence electrons. The van der Waals surface area contributed by atoms with Crippen LogP contribution in [0.25, 0.3) is 11.9 Å². The number of hydrogen-bond acceptors (Lipinski definition) is 1. The summed E-state index contributed by atoms with van der Waals surface area (Å²) in [5.41, 5.74) is 11.2. The Morgan fingerprint density at radius 3 is 1.67 bits per heavy atom. The Bertz CT molecular complexity index is 10.8. The van der Waals surface area contributed by atoms with Gasteiger partial charge in [0.1, 0.15) is 0 Å². The van der Waals surface area contributed by atoms with Crippen LogP contribution in [0.3, 0.4) is 0 Å². The molecule has 0 atom stereocenters. The Morgan fingerprint density at radius 2 is 1.67 bits per heavy atom. The van der Waals surface area contributed by atoms with E-state index in [1.54, 1.807) is 0 Å². The quantitative estimate of drug-likeness (QED) is 0.745. The van der Waals surface area contributed by atoms with Crippen LogP contribution in [0.15, 0.2) is 0 Å². The number of nitrogens with one attached hydrogen (secondary N) is 1. The minimum absolute atomic E-state index is 0. The summed E-state index contributed by atoms with van der Waals surface area (Å²) in [5, 5.41) is 0. The Balaban J connectivity index is -0.0000000450. The van der Waals surface area contributed by atoms with E-state index in [0.29, 0.717) is 13.1 Å². The van der Waals surface area contributed by atoms with E-state index in [1.807, 2.05) is 0 Å². The van der Waals surface area contributed by atoms with Crippen LogP contribution in [-0.4, -0.2) is 13.1 Å². The third-order valence-corrected chi connectivity index (χ3v) is 0.144.